The van der Waals surface area contributed by atoms with Gasteiger partial charge in [0.2, 0.25) is 11.7 Å². The fourth-order valence-corrected chi connectivity index (χ4v) is 4.07. The van der Waals surface area contributed by atoms with E-state index >= 15 is 0 Å². The van der Waals surface area contributed by atoms with Gasteiger partial charge in [0.15, 0.2) is 0 Å². The molecule has 0 aromatic heterocycles. The average Bonchev–Trinajstić information content (AvgIpc) is 3.56. The van der Waals surface area contributed by atoms with Crippen LogP contribution in [0.1, 0.15) is 49.4 Å². The van der Waals surface area contributed by atoms with E-state index in [1.807, 2.05) is 0 Å². The minimum atomic E-state index is -1.40. The lowest BCUT2D eigenvalue weighted by Gasteiger charge is -2.21. The zero-order chi connectivity index (χ0) is 26.6. The van der Waals surface area contributed by atoms with E-state index in [4.69, 9.17) is 11.6 Å². The number of benzene rings is 1. The summed E-state index contributed by atoms with van der Waals surface area (Å²) in [6.07, 6.45) is 1.41. The molecule has 36 heavy (non-hydrogen) atoms. The summed E-state index contributed by atoms with van der Waals surface area (Å²) in [5.74, 6) is -5.77. The van der Waals surface area contributed by atoms with Crippen LogP contribution in [0, 0.1) is 11.7 Å². The Kier molecular flexibility index (Phi) is 8.78. The molecular formula is C24H27ClF2N4O5. The van der Waals surface area contributed by atoms with Crippen molar-refractivity contribution in [3.63, 3.8) is 0 Å². The highest BCUT2D eigenvalue weighted by atomic mass is 35.5. The number of anilines is 1. The molecule has 2 aliphatic rings. The van der Waals surface area contributed by atoms with Crippen molar-refractivity contribution in [3.05, 3.63) is 40.7 Å². The number of hydrogen-bond acceptors (Lipinski definition) is 5. The van der Waals surface area contributed by atoms with Gasteiger partial charge in [0, 0.05) is 35.0 Å². The van der Waals surface area contributed by atoms with Crippen LogP contribution in [-0.4, -0.2) is 54.2 Å². The molecule has 9 nitrogen and oxygen atoms in total. The normalized spacial score (nSPS) is 19.7. The molecule has 1 aliphatic carbocycles. The summed E-state index contributed by atoms with van der Waals surface area (Å²) < 4.78 is 27.3. The van der Waals surface area contributed by atoms with Gasteiger partial charge in [-0.3, -0.25) is 28.4 Å². The largest absolute Gasteiger partial charge is 0.353 e. The smallest absolute Gasteiger partial charge is 0.289 e. The SMILES string of the molecule is C=C(CCF)C(=O)Nc1c(F)cc(Cl)cc1C(=O)N[C@@H](C[C@@H]1C[C@@H](C)NC1=O)C(=O)C(=O)NC1CC1. The van der Waals surface area contributed by atoms with Crippen molar-refractivity contribution in [2.24, 2.45) is 5.92 Å². The number of carbonyl (C=O) groups is 5. The molecule has 0 unspecified atom stereocenters. The van der Waals surface area contributed by atoms with Gasteiger partial charge in [0.1, 0.15) is 5.82 Å². The first-order chi connectivity index (χ1) is 17.0. The number of Topliss-reactive ketones (excluding diaryl/α,β-unsaturated/α-hetero) is 1. The average molecular weight is 525 g/mol. The van der Waals surface area contributed by atoms with Crippen molar-refractivity contribution < 1.29 is 32.8 Å². The number of alkyl halides is 1. The third-order valence-corrected chi connectivity index (χ3v) is 6.15. The molecular weight excluding hydrogens is 498 g/mol. The Morgan fingerprint density at radius 1 is 1.22 bits per heavy atom. The van der Waals surface area contributed by atoms with Crippen molar-refractivity contribution in [3.8, 4) is 0 Å². The van der Waals surface area contributed by atoms with Crippen LogP contribution in [0.2, 0.25) is 5.02 Å². The van der Waals surface area contributed by atoms with Crippen molar-refractivity contribution in [1.82, 2.24) is 16.0 Å². The number of rotatable bonds is 11. The molecule has 194 valence electrons. The Morgan fingerprint density at radius 2 is 1.92 bits per heavy atom. The molecule has 1 aromatic carbocycles. The van der Waals surface area contributed by atoms with E-state index in [0.717, 1.165) is 25.0 Å². The highest BCUT2D eigenvalue weighted by Crippen LogP contribution is 2.27. The second-order valence-electron chi connectivity index (χ2n) is 9.02. The summed E-state index contributed by atoms with van der Waals surface area (Å²) >= 11 is 5.92. The molecule has 3 rings (SSSR count). The van der Waals surface area contributed by atoms with Gasteiger partial charge in [-0.25, -0.2) is 4.39 Å². The van der Waals surface area contributed by atoms with Crippen molar-refractivity contribution in [1.29, 1.82) is 0 Å². The molecule has 12 heteroatoms. The number of carbonyl (C=O) groups excluding carboxylic acids is 5. The second-order valence-corrected chi connectivity index (χ2v) is 9.46. The van der Waals surface area contributed by atoms with Gasteiger partial charge in [-0.05, 0) is 44.7 Å². The van der Waals surface area contributed by atoms with E-state index < -0.39 is 59.2 Å². The predicted octanol–water partition coefficient (Wildman–Crippen LogP) is 2.19. The van der Waals surface area contributed by atoms with Gasteiger partial charge in [0.25, 0.3) is 17.7 Å². The number of halogens is 3. The van der Waals surface area contributed by atoms with E-state index in [1.165, 1.54) is 0 Å². The quantitative estimate of drug-likeness (QED) is 0.260. The van der Waals surface area contributed by atoms with E-state index in [9.17, 15) is 32.8 Å². The van der Waals surface area contributed by atoms with Crippen molar-refractivity contribution >= 4 is 46.7 Å². The lowest BCUT2D eigenvalue weighted by atomic mass is 9.93. The van der Waals surface area contributed by atoms with E-state index in [-0.39, 0.29) is 41.4 Å². The van der Waals surface area contributed by atoms with E-state index in [1.54, 1.807) is 6.92 Å². The van der Waals surface area contributed by atoms with Gasteiger partial charge in [-0.15, -0.1) is 0 Å². The summed E-state index contributed by atoms with van der Waals surface area (Å²) in [5.41, 5.74) is -1.15. The molecule has 1 aliphatic heterocycles. The summed E-state index contributed by atoms with van der Waals surface area (Å²) in [4.78, 5) is 63.1. The van der Waals surface area contributed by atoms with Crippen LogP contribution in [0.25, 0.3) is 0 Å². The Bertz CT molecular complexity index is 1110. The van der Waals surface area contributed by atoms with Crippen LogP contribution in [0.5, 0.6) is 0 Å². The molecule has 4 N–H and O–H groups in total. The molecule has 0 radical (unpaired) electrons. The summed E-state index contributed by atoms with van der Waals surface area (Å²) in [6.45, 7) is 4.35. The van der Waals surface area contributed by atoms with Gasteiger partial charge >= 0.3 is 0 Å². The molecule has 4 amide bonds. The lowest BCUT2D eigenvalue weighted by molar-refractivity contribution is -0.139. The lowest BCUT2D eigenvalue weighted by Crippen LogP contribution is -2.49. The molecule has 1 saturated heterocycles. The van der Waals surface area contributed by atoms with Gasteiger partial charge in [-0.2, -0.15) is 0 Å². The van der Waals surface area contributed by atoms with Crippen LogP contribution in [0.3, 0.4) is 0 Å². The number of amides is 4. The fourth-order valence-electron chi connectivity index (χ4n) is 3.86. The minimum absolute atomic E-state index is 0.117. The van der Waals surface area contributed by atoms with Crippen molar-refractivity contribution in [2.75, 3.05) is 12.0 Å². The fraction of sp³-hybridized carbons (Fsp3) is 0.458. The Balaban J connectivity index is 1.86. The minimum Gasteiger partial charge on any atom is -0.353 e. The maximum atomic E-state index is 14.7. The molecule has 1 heterocycles. The Labute approximate surface area is 211 Å². The first kappa shape index (κ1) is 27.3. The van der Waals surface area contributed by atoms with Crippen LogP contribution >= 0.6 is 11.6 Å². The zero-order valence-corrected chi connectivity index (χ0v) is 20.3. The monoisotopic (exact) mass is 524 g/mol. The molecule has 1 saturated carbocycles. The van der Waals surface area contributed by atoms with Crippen LogP contribution in [-0.2, 0) is 19.2 Å². The summed E-state index contributed by atoms with van der Waals surface area (Å²) in [5, 5.41) is 9.70. The van der Waals surface area contributed by atoms with Crippen LogP contribution in [0.4, 0.5) is 14.5 Å². The number of ketones is 1. The van der Waals surface area contributed by atoms with Gasteiger partial charge in [0.05, 0.1) is 24.0 Å². The van der Waals surface area contributed by atoms with Gasteiger partial charge < -0.3 is 21.3 Å². The Hall–Kier alpha value is -3.34. The highest BCUT2D eigenvalue weighted by Gasteiger charge is 2.38. The molecule has 3 atom stereocenters. The highest BCUT2D eigenvalue weighted by molar-refractivity contribution is 6.38. The third kappa shape index (κ3) is 6.87. The second kappa shape index (κ2) is 11.6. The topological polar surface area (TPSA) is 133 Å². The van der Waals surface area contributed by atoms with Crippen LogP contribution < -0.4 is 21.3 Å². The zero-order valence-electron chi connectivity index (χ0n) is 19.6. The number of hydrogen-bond donors (Lipinski definition) is 4. The van der Waals surface area contributed by atoms with Gasteiger partial charge in [-0.1, -0.05) is 18.2 Å². The molecule has 0 spiro atoms. The maximum Gasteiger partial charge on any atom is 0.289 e. The van der Waals surface area contributed by atoms with E-state index in [2.05, 4.69) is 27.8 Å². The van der Waals surface area contributed by atoms with Crippen molar-refractivity contribution in [2.45, 2.75) is 57.2 Å². The molecule has 1 aromatic rings. The third-order valence-electron chi connectivity index (χ3n) is 5.93. The predicted molar refractivity (Wildman–Crippen MR) is 128 cm³/mol. The first-order valence-corrected chi connectivity index (χ1v) is 11.9. The standard InChI is InChI=1S/C24H27ClF2N4O5/c1-11(5-6-26)21(33)31-19-16(9-14(25)10-17(19)27)23(35)30-18(8-13-7-12(2)28-22(13)34)20(32)24(36)29-15-3-4-15/h9-10,12-13,15,18H,1,3-8H2,2H3,(H,28,34)(H,29,36)(H,30,35)(H,31,33)/t12-,13+,18+/m1/s1. The summed E-state index contributed by atoms with van der Waals surface area (Å²) in [6, 6.07) is 0.277. The first-order valence-electron chi connectivity index (χ1n) is 11.5. The molecule has 2 fully saturated rings. The molecule has 0 bridgehead atoms. The Morgan fingerprint density at radius 3 is 2.50 bits per heavy atom. The maximum absolute atomic E-state index is 14.7. The summed E-state index contributed by atoms with van der Waals surface area (Å²) in [7, 11) is 0. The van der Waals surface area contributed by atoms with E-state index in [0.29, 0.717) is 6.42 Å². The number of nitrogens with one attached hydrogen (secondary N) is 4. The van der Waals surface area contributed by atoms with Crippen LogP contribution in [0.15, 0.2) is 24.3 Å².